The topological polar surface area (TPSA) is 79.0 Å². The number of nitrogens with zero attached hydrogens (tertiary/aromatic N) is 2. The molecule has 1 fully saturated rings. The number of hydrogen-bond donors (Lipinski definition) is 1. The Kier molecular flexibility index (Phi) is 9.91. The van der Waals surface area contributed by atoms with Crippen molar-refractivity contribution in [1.82, 2.24) is 10.2 Å². The smallest absolute Gasteiger partial charge is 0.232 e. The number of likely N-dealkylation sites (tertiary alicyclic amines) is 1. The third-order valence-corrected chi connectivity index (χ3v) is 6.87. The van der Waals surface area contributed by atoms with Crippen LogP contribution in [-0.4, -0.2) is 64.8 Å². The number of amides is 1. The van der Waals surface area contributed by atoms with Crippen molar-refractivity contribution in [1.29, 1.82) is 0 Å². The van der Waals surface area contributed by atoms with Crippen molar-refractivity contribution in [2.75, 3.05) is 43.8 Å². The van der Waals surface area contributed by atoms with Gasteiger partial charge in [0.1, 0.15) is 5.75 Å². The summed E-state index contributed by atoms with van der Waals surface area (Å²) in [5.74, 6) is 0.567. The van der Waals surface area contributed by atoms with Gasteiger partial charge in [0.05, 0.1) is 19.1 Å². The lowest BCUT2D eigenvalue weighted by Crippen LogP contribution is -2.40. The van der Waals surface area contributed by atoms with Gasteiger partial charge in [0.25, 0.3) is 0 Å². The second-order valence-corrected chi connectivity index (χ2v) is 9.84. The van der Waals surface area contributed by atoms with E-state index in [4.69, 9.17) is 4.74 Å². The molecule has 0 spiro atoms. The first-order chi connectivity index (χ1) is 14.3. The zero-order chi connectivity index (χ0) is 22.0. The van der Waals surface area contributed by atoms with E-state index < -0.39 is 10.0 Å². The van der Waals surface area contributed by atoms with Crippen LogP contribution in [-0.2, 0) is 14.8 Å². The fourth-order valence-corrected chi connectivity index (χ4v) is 5.01. The molecule has 1 atom stereocenters. The molecule has 1 aliphatic rings. The van der Waals surface area contributed by atoms with Crippen LogP contribution in [0.1, 0.15) is 51.9 Å². The molecule has 1 amide bonds. The Morgan fingerprint density at radius 2 is 2.10 bits per heavy atom. The van der Waals surface area contributed by atoms with Crippen LogP contribution in [0.2, 0.25) is 0 Å². The average Bonchev–Trinajstić information content (AvgIpc) is 2.73. The Labute approximate surface area is 181 Å². The molecule has 7 nitrogen and oxygen atoms in total. The van der Waals surface area contributed by atoms with Crippen LogP contribution in [0.25, 0.3) is 0 Å². The lowest BCUT2D eigenvalue weighted by molar-refractivity contribution is -0.121. The summed E-state index contributed by atoms with van der Waals surface area (Å²) in [6, 6.07) is 7.63. The van der Waals surface area contributed by atoms with Crippen molar-refractivity contribution >= 4 is 21.6 Å². The Bertz CT molecular complexity index is 769. The Balaban J connectivity index is 1.73. The number of carbonyl (C=O) groups is 1. The average molecular weight is 440 g/mol. The number of methoxy groups -OCH3 is 1. The van der Waals surface area contributed by atoms with E-state index in [0.717, 1.165) is 19.5 Å². The highest BCUT2D eigenvalue weighted by atomic mass is 32.2. The minimum absolute atomic E-state index is 0.0280. The standard InChI is InChI=1S/C22H37N3O4S/c1-4-19-10-5-6-15-24(19)16-9-14-23-22(26)13-8-17-25(30(3,27)28)20-11-7-12-21(18-20)29-2/h7,11-12,18-19H,4-6,8-10,13-17H2,1-3H3,(H,23,26). The van der Waals surface area contributed by atoms with Crippen LogP contribution in [0.3, 0.4) is 0 Å². The molecule has 0 bridgehead atoms. The van der Waals surface area contributed by atoms with Gasteiger partial charge in [0.2, 0.25) is 15.9 Å². The third-order valence-electron chi connectivity index (χ3n) is 5.67. The lowest BCUT2D eigenvalue weighted by Gasteiger charge is -2.35. The van der Waals surface area contributed by atoms with Crippen molar-refractivity contribution in [2.24, 2.45) is 0 Å². The molecule has 170 valence electrons. The van der Waals surface area contributed by atoms with E-state index in [9.17, 15) is 13.2 Å². The summed E-state index contributed by atoms with van der Waals surface area (Å²) in [5.41, 5.74) is 0.546. The molecule has 1 aliphatic heterocycles. The fraction of sp³-hybridized carbons (Fsp3) is 0.682. The first-order valence-corrected chi connectivity index (χ1v) is 12.8. The summed E-state index contributed by atoms with van der Waals surface area (Å²) in [6.07, 6.45) is 7.96. The molecule has 0 aromatic heterocycles. The van der Waals surface area contributed by atoms with Gasteiger partial charge in [-0.1, -0.05) is 19.4 Å². The zero-order valence-electron chi connectivity index (χ0n) is 18.6. The second-order valence-electron chi connectivity index (χ2n) is 7.94. The van der Waals surface area contributed by atoms with Gasteiger partial charge in [-0.25, -0.2) is 8.42 Å². The number of sulfonamides is 1. The normalized spacial score (nSPS) is 17.5. The van der Waals surface area contributed by atoms with E-state index in [1.54, 1.807) is 31.4 Å². The molecule has 1 aromatic rings. The summed E-state index contributed by atoms with van der Waals surface area (Å²) in [4.78, 5) is 14.7. The first-order valence-electron chi connectivity index (χ1n) is 11.0. The molecule has 0 saturated carbocycles. The number of nitrogens with one attached hydrogen (secondary N) is 1. The molecule has 0 aliphatic carbocycles. The third kappa shape index (κ3) is 7.80. The van der Waals surface area contributed by atoms with Crippen LogP contribution in [0, 0.1) is 0 Å². The van der Waals surface area contributed by atoms with E-state index in [1.165, 1.54) is 36.2 Å². The molecular weight excluding hydrogens is 402 g/mol. The molecular formula is C22H37N3O4S. The summed E-state index contributed by atoms with van der Waals surface area (Å²) in [6.45, 7) is 5.35. The maximum atomic E-state index is 12.2. The van der Waals surface area contributed by atoms with Crippen LogP contribution in [0.4, 0.5) is 5.69 Å². The fourth-order valence-electron chi connectivity index (χ4n) is 4.05. The van der Waals surface area contributed by atoms with Crippen molar-refractivity contribution < 1.29 is 17.9 Å². The largest absolute Gasteiger partial charge is 0.497 e. The van der Waals surface area contributed by atoms with Crippen molar-refractivity contribution in [3.63, 3.8) is 0 Å². The Hall–Kier alpha value is -1.80. The highest BCUT2D eigenvalue weighted by molar-refractivity contribution is 7.92. The molecule has 1 N–H and O–H groups in total. The van der Waals surface area contributed by atoms with Gasteiger partial charge >= 0.3 is 0 Å². The monoisotopic (exact) mass is 439 g/mol. The van der Waals surface area contributed by atoms with E-state index >= 15 is 0 Å². The lowest BCUT2D eigenvalue weighted by atomic mass is 10.00. The summed E-state index contributed by atoms with van der Waals surface area (Å²) in [7, 11) is -1.90. The summed E-state index contributed by atoms with van der Waals surface area (Å²) >= 11 is 0. The van der Waals surface area contributed by atoms with Gasteiger partial charge in [0, 0.05) is 38.2 Å². The SMILES string of the molecule is CCC1CCCCN1CCCNC(=O)CCCN(c1cccc(OC)c1)S(C)(=O)=O. The molecule has 30 heavy (non-hydrogen) atoms. The summed E-state index contributed by atoms with van der Waals surface area (Å²) in [5, 5.41) is 2.97. The van der Waals surface area contributed by atoms with Gasteiger partial charge < -0.3 is 15.0 Å². The van der Waals surface area contributed by atoms with Crippen LogP contribution in [0.5, 0.6) is 5.75 Å². The quantitative estimate of drug-likeness (QED) is 0.507. The highest BCUT2D eigenvalue weighted by Gasteiger charge is 2.20. The minimum Gasteiger partial charge on any atom is -0.497 e. The number of hydrogen-bond acceptors (Lipinski definition) is 5. The first kappa shape index (κ1) is 24.5. The number of rotatable bonds is 12. The number of anilines is 1. The van der Waals surface area contributed by atoms with Gasteiger partial charge in [0.15, 0.2) is 0 Å². The van der Waals surface area contributed by atoms with Crippen molar-refractivity contribution in [3.05, 3.63) is 24.3 Å². The molecule has 1 unspecified atom stereocenters. The molecule has 2 rings (SSSR count). The molecule has 1 heterocycles. The number of ether oxygens (including phenoxy) is 1. The van der Waals surface area contributed by atoms with E-state index in [0.29, 0.717) is 36.9 Å². The summed E-state index contributed by atoms with van der Waals surface area (Å²) < 4.78 is 30.9. The number of carbonyl (C=O) groups excluding carboxylic acids is 1. The van der Waals surface area contributed by atoms with Crippen LogP contribution in [0.15, 0.2) is 24.3 Å². The van der Waals surface area contributed by atoms with E-state index in [2.05, 4.69) is 17.1 Å². The molecule has 1 aromatic carbocycles. The second kappa shape index (κ2) is 12.2. The van der Waals surface area contributed by atoms with Gasteiger partial charge in [-0.3, -0.25) is 9.10 Å². The Morgan fingerprint density at radius 1 is 1.30 bits per heavy atom. The number of benzene rings is 1. The maximum Gasteiger partial charge on any atom is 0.232 e. The predicted molar refractivity (Wildman–Crippen MR) is 122 cm³/mol. The van der Waals surface area contributed by atoms with E-state index in [-0.39, 0.29) is 12.5 Å². The minimum atomic E-state index is -3.44. The Morgan fingerprint density at radius 3 is 2.80 bits per heavy atom. The van der Waals surface area contributed by atoms with Crippen molar-refractivity contribution in [3.8, 4) is 5.75 Å². The van der Waals surface area contributed by atoms with Crippen LogP contribution < -0.4 is 14.4 Å². The maximum absolute atomic E-state index is 12.2. The van der Waals surface area contributed by atoms with Gasteiger partial charge in [-0.15, -0.1) is 0 Å². The van der Waals surface area contributed by atoms with Crippen LogP contribution >= 0.6 is 0 Å². The van der Waals surface area contributed by atoms with Gasteiger partial charge in [-0.05, 0) is 50.8 Å². The highest BCUT2D eigenvalue weighted by Crippen LogP contribution is 2.23. The molecule has 0 radical (unpaired) electrons. The predicted octanol–water partition coefficient (Wildman–Crippen LogP) is 3.01. The molecule has 8 heteroatoms. The van der Waals surface area contributed by atoms with Crippen molar-refractivity contribution in [2.45, 2.75) is 57.9 Å². The van der Waals surface area contributed by atoms with E-state index in [1.807, 2.05) is 0 Å². The zero-order valence-corrected chi connectivity index (χ0v) is 19.4. The molecule has 1 saturated heterocycles. The van der Waals surface area contributed by atoms with Gasteiger partial charge in [-0.2, -0.15) is 0 Å². The number of piperidine rings is 1.